The summed E-state index contributed by atoms with van der Waals surface area (Å²) in [6.07, 6.45) is 6.64. The number of ether oxygens (including phenoxy) is 2. The molecule has 3 aromatic rings. The van der Waals surface area contributed by atoms with Crippen molar-refractivity contribution in [1.29, 1.82) is 0 Å². The lowest BCUT2D eigenvalue weighted by molar-refractivity contribution is -0.122. The monoisotopic (exact) mass is 544 g/mol. The molecule has 4 amide bonds. The van der Waals surface area contributed by atoms with Gasteiger partial charge in [-0.3, -0.25) is 14.9 Å². The summed E-state index contributed by atoms with van der Waals surface area (Å²) < 4.78 is 12.0. The Morgan fingerprint density at radius 2 is 1.72 bits per heavy atom. The standard InChI is InChI=1S/C28H21BrN2O5/c1-3-14-35-25-13-8-21(29)15-20(25)16-24-26(32)30-28(34)31(27(24)33)22-9-11-23(12-10-22)36-17-19-6-4-18(2)5-7-19/h1,4-13,15-16H,14,17H2,2H3,(H,30,32,34)/b24-16+. The van der Waals surface area contributed by atoms with Crippen LogP contribution in [-0.2, 0) is 16.2 Å². The zero-order chi connectivity index (χ0) is 25.7. The first-order valence-electron chi connectivity index (χ1n) is 10.9. The number of benzene rings is 3. The second kappa shape index (κ2) is 10.9. The SMILES string of the molecule is C#CCOc1ccc(Br)cc1/C=C1\C(=O)NC(=O)N(c2ccc(OCc3ccc(C)cc3)cc2)C1=O. The first kappa shape index (κ1) is 24.8. The summed E-state index contributed by atoms with van der Waals surface area (Å²) >= 11 is 3.37. The molecule has 0 aliphatic carbocycles. The lowest BCUT2D eigenvalue weighted by Crippen LogP contribution is -2.54. The number of carbonyl (C=O) groups is 3. The Labute approximate surface area is 216 Å². The molecule has 0 atom stereocenters. The predicted molar refractivity (Wildman–Crippen MR) is 139 cm³/mol. The molecule has 1 N–H and O–H groups in total. The molecule has 1 aliphatic rings. The van der Waals surface area contributed by atoms with E-state index in [2.05, 4.69) is 27.2 Å². The summed E-state index contributed by atoms with van der Waals surface area (Å²) in [7, 11) is 0. The molecule has 8 heteroatoms. The molecular weight excluding hydrogens is 524 g/mol. The van der Waals surface area contributed by atoms with Crippen molar-refractivity contribution >= 4 is 45.5 Å². The van der Waals surface area contributed by atoms with Crippen LogP contribution in [0.5, 0.6) is 11.5 Å². The Morgan fingerprint density at radius 1 is 1.00 bits per heavy atom. The van der Waals surface area contributed by atoms with Gasteiger partial charge in [-0.1, -0.05) is 51.7 Å². The van der Waals surface area contributed by atoms with E-state index in [4.69, 9.17) is 15.9 Å². The average Bonchev–Trinajstić information content (AvgIpc) is 2.86. The Kier molecular flexibility index (Phi) is 7.52. The van der Waals surface area contributed by atoms with E-state index in [0.717, 1.165) is 16.0 Å². The first-order valence-corrected chi connectivity index (χ1v) is 11.7. The number of carbonyl (C=O) groups excluding carboxylic acids is 3. The maximum absolute atomic E-state index is 13.2. The third kappa shape index (κ3) is 5.65. The van der Waals surface area contributed by atoms with E-state index >= 15 is 0 Å². The number of terminal acetylenes is 1. The highest BCUT2D eigenvalue weighted by Gasteiger charge is 2.37. The van der Waals surface area contributed by atoms with Gasteiger partial charge in [-0.15, -0.1) is 6.42 Å². The van der Waals surface area contributed by atoms with Crippen LogP contribution in [0.1, 0.15) is 16.7 Å². The van der Waals surface area contributed by atoms with Crippen LogP contribution >= 0.6 is 15.9 Å². The van der Waals surface area contributed by atoms with Crippen molar-refractivity contribution < 1.29 is 23.9 Å². The molecule has 0 saturated carbocycles. The van der Waals surface area contributed by atoms with E-state index in [1.54, 1.807) is 42.5 Å². The molecule has 36 heavy (non-hydrogen) atoms. The van der Waals surface area contributed by atoms with Gasteiger partial charge in [0.2, 0.25) is 0 Å². The summed E-state index contributed by atoms with van der Waals surface area (Å²) in [4.78, 5) is 39.3. The summed E-state index contributed by atoms with van der Waals surface area (Å²) in [5.41, 5.74) is 2.69. The second-order valence-corrected chi connectivity index (χ2v) is 8.82. The number of hydrogen-bond acceptors (Lipinski definition) is 5. The van der Waals surface area contributed by atoms with E-state index < -0.39 is 17.8 Å². The fourth-order valence-corrected chi connectivity index (χ4v) is 3.85. The van der Waals surface area contributed by atoms with E-state index in [1.165, 1.54) is 6.08 Å². The van der Waals surface area contributed by atoms with Gasteiger partial charge in [-0.25, -0.2) is 9.69 Å². The fourth-order valence-electron chi connectivity index (χ4n) is 3.47. The molecule has 1 fully saturated rings. The molecule has 1 aliphatic heterocycles. The number of nitrogens with zero attached hydrogens (tertiary/aromatic N) is 1. The molecule has 0 aromatic heterocycles. The number of rotatable bonds is 7. The van der Waals surface area contributed by atoms with Crippen LogP contribution in [0.15, 0.2) is 76.8 Å². The van der Waals surface area contributed by atoms with Gasteiger partial charge in [0.25, 0.3) is 11.8 Å². The zero-order valence-electron chi connectivity index (χ0n) is 19.3. The maximum atomic E-state index is 13.2. The molecule has 7 nitrogen and oxygen atoms in total. The highest BCUT2D eigenvalue weighted by Crippen LogP contribution is 2.29. The molecule has 180 valence electrons. The van der Waals surface area contributed by atoms with E-state index in [1.807, 2.05) is 31.2 Å². The minimum Gasteiger partial charge on any atom is -0.489 e. The number of halogens is 1. The van der Waals surface area contributed by atoms with Crippen molar-refractivity contribution in [3.8, 4) is 23.8 Å². The van der Waals surface area contributed by atoms with Gasteiger partial charge in [-0.2, -0.15) is 0 Å². The van der Waals surface area contributed by atoms with Crippen molar-refractivity contribution in [2.75, 3.05) is 11.5 Å². The highest BCUT2D eigenvalue weighted by molar-refractivity contribution is 9.10. The molecule has 4 rings (SSSR count). The number of anilines is 1. The van der Waals surface area contributed by atoms with Crippen molar-refractivity contribution in [2.45, 2.75) is 13.5 Å². The average molecular weight is 545 g/mol. The quantitative estimate of drug-likeness (QED) is 0.256. The molecule has 0 spiro atoms. The topological polar surface area (TPSA) is 84.9 Å². The largest absolute Gasteiger partial charge is 0.489 e. The Hall–Kier alpha value is -4.35. The Morgan fingerprint density at radius 3 is 2.42 bits per heavy atom. The van der Waals surface area contributed by atoms with Gasteiger partial charge in [-0.05, 0) is 61.0 Å². The van der Waals surface area contributed by atoms with Crippen LogP contribution in [0.2, 0.25) is 0 Å². The highest BCUT2D eigenvalue weighted by atomic mass is 79.9. The number of nitrogens with one attached hydrogen (secondary N) is 1. The molecule has 1 saturated heterocycles. The third-order valence-electron chi connectivity index (χ3n) is 5.31. The van der Waals surface area contributed by atoms with Crippen molar-refractivity contribution in [1.82, 2.24) is 5.32 Å². The van der Waals surface area contributed by atoms with Gasteiger partial charge < -0.3 is 9.47 Å². The Bertz CT molecular complexity index is 1390. The minimum absolute atomic E-state index is 0.0148. The van der Waals surface area contributed by atoms with Crippen molar-refractivity contribution in [3.05, 3.63) is 93.5 Å². The van der Waals surface area contributed by atoms with Gasteiger partial charge in [0.05, 0.1) is 5.69 Å². The van der Waals surface area contributed by atoms with Crippen molar-refractivity contribution in [3.63, 3.8) is 0 Å². The fraction of sp³-hybridized carbons (Fsp3) is 0.107. The van der Waals surface area contributed by atoms with Gasteiger partial charge >= 0.3 is 6.03 Å². The van der Waals surface area contributed by atoms with Crippen LogP contribution < -0.4 is 19.7 Å². The lowest BCUT2D eigenvalue weighted by atomic mass is 10.1. The molecule has 0 radical (unpaired) electrons. The van der Waals surface area contributed by atoms with Crippen LogP contribution in [0, 0.1) is 19.3 Å². The van der Waals surface area contributed by atoms with Gasteiger partial charge in [0, 0.05) is 10.0 Å². The summed E-state index contributed by atoms with van der Waals surface area (Å²) in [5, 5.41) is 2.21. The van der Waals surface area contributed by atoms with Crippen molar-refractivity contribution in [2.24, 2.45) is 0 Å². The second-order valence-electron chi connectivity index (χ2n) is 7.90. The summed E-state index contributed by atoms with van der Waals surface area (Å²) in [6.45, 7) is 2.40. The number of urea groups is 1. The molecule has 3 aromatic carbocycles. The molecule has 0 unspecified atom stereocenters. The van der Waals surface area contributed by atoms with Crippen LogP contribution in [0.4, 0.5) is 10.5 Å². The predicted octanol–water partition coefficient (Wildman–Crippen LogP) is 5.01. The van der Waals surface area contributed by atoms with Crippen LogP contribution in [-0.4, -0.2) is 24.5 Å². The molecular formula is C28H21BrN2O5. The lowest BCUT2D eigenvalue weighted by Gasteiger charge is -2.26. The van der Waals surface area contributed by atoms with Crippen LogP contribution in [0.25, 0.3) is 6.08 Å². The van der Waals surface area contributed by atoms with Crippen LogP contribution in [0.3, 0.4) is 0 Å². The maximum Gasteiger partial charge on any atom is 0.335 e. The first-order chi connectivity index (χ1) is 17.4. The number of amides is 4. The van der Waals surface area contributed by atoms with E-state index in [9.17, 15) is 14.4 Å². The summed E-state index contributed by atoms with van der Waals surface area (Å²) in [6, 6.07) is 18.7. The van der Waals surface area contributed by atoms with Gasteiger partial charge in [0.15, 0.2) is 0 Å². The minimum atomic E-state index is -0.839. The molecule has 1 heterocycles. The smallest absolute Gasteiger partial charge is 0.335 e. The summed E-state index contributed by atoms with van der Waals surface area (Å²) in [5.74, 6) is 1.77. The third-order valence-corrected chi connectivity index (χ3v) is 5.80. The Balaban J connectivity index is 1.56. The van der Waals surface area contributed by atoms with E-state index in [0.29, 0.717) is 28.1 Å². The number of hydrogen-bond donors (Lipinski definition) is 1. The normalized spacial score (nSPS) is 14.4. The zero-order valence-corrected chi connectivity index (χ0v) is 20.9. The number of barbiturate groups is 1. The number of imide groups is 2. The van der Waals surface area contributed by atoms with Gasteiger partial charge in [0.1, 0.15) is 30.3 Å². The molecule has 0 bridgehead atoms. The number of aryl methyl sites for hydroxylation is 1. The van der Waals surface area contributed by atoms with E-state index in [-0.39, 0.29) is 17.9 Å².